The Morgan fingerprint density at radius 1 is 1.21 bits per heavy atom. The van der Waals surface area contributed by atoms with Gasteiger partial charge in [0.1, 0.15) is 10.1 Å². The first-order chi connectivity index (χ1) is 14.0. The predicted molar refractivity (Wildman–Crippen MR) is 121 cm³/mol. The van der Waals surface area contributed by atoms with Crippen LogP contribution >= 0.6 is 45.9 Å². The summed E-state index contributed by atoms with van der Waals surface area (Å²) in [5.74, 6) is 0.673. The van der Waals surface area contributed by atoms with Gasteiger partial charge in [-0.05, 0) is 24.3 Å². The first-order valence-corrected chi connectivity index (χ1v) is 11.6. The van der Waals surface area contributed by atoms with Crippen LogP contribution < -0.4 is 15.0 Å². The molecule has 0 atom stereocenters. The van der Waals surface area contributed by atoms with Gasteiger partial charge in [-0.25, -0.2) is 4.98 Å². The molecule has 2 aromatic heterocycles. The lowest BCUT2D eigenvalue weighted by atomic mass is 10.3. The Labute approximate surface area is 187 Å². The van der Waals surface area contributed by atoms with Crippen molar-refractivity contribution < 1.29 is 9.53 Å². The fourth-order valence-corrected chi connectivity index (χ4v) is 5.74. The number of carbonyl (C=O) groups is 1. The Balaban J connectivity index is 1.26. The molecule has 1 aliphatic heterocycles. The van der Waals surface area contributed by atoms with Crippen LogP contribution in [0.15, 0.2) is 24.3 Å². The number of hydrogen-bond donors (Lipinski definition) is 1. The number of ether oxygens (including phenoxy) is 1. The number of nitrogens with one attached hydrogen (secondary N) is 1. The minimum atomic E-state index is -0.179. The van der Waals surface area contributed by atoms with Crippen LogP contribution in [0.25, 0.3) is 10.2 Å². The zero-order chi connectivity index (χ0) is 20.4. The second-order valence-corrected chi connectivity index (χ2v) is 9.95. The highest BCUT2D eigenvalue weighted by Crippen LogP contribution is 2.32. The summed E-state index contributed by atoms with van der Waals surface area (Å²) in [6.07, 6.45) is 0. The number of carbonyl (C=O) groups excluding carboxylic acids is 1. The molecule has 1 amide bonds. The number of rotatable bonds is 6. The number of halogens is 2. The highest BCUT2D eigenvalue weighted by molar-refractivity contribution is 7.22. The number of thiophene rings is 1. The van der Waals surface area contributed by atoms with Crippen molar-refractivity contribution in [3.8, 4) is 5.75 Å². The SMILES string of the molecule is COc1ccc2nc(N3CCN(CCNC(=O)c4cc(Cl)sc4Cl)CC3)sc2c1. The number of anilines is 1. The van der Waals surface area contributed by atoms with Gasteiger partial charge in [0.05, 0.1) is 27.2 Å². The van der Waals surface area contributed by atoms with E-state index in [1.165, 1.54) is 11.3 Å². The molecule has 1 N–H and O–H groups in total. The monoisotopic (exact) mass is 470 g/mol. The third-order valence-electron chi connectivity index (χ3n) is 4.84. The average Bonchev–Trinajstić information content (AvgIpc) is 3.30. The maximum Gasteiger partial charge on any atom is 0.253 e. The molecule has 1 fully saturated rings. The number of aromatic nitrogens is 1. The predicted octanol–water partition coefficient (Wildman–Crippen LogP) is 4.23. The number of fused-ring (bicyclic) bond motifs is 1. The van der Waals surface area contributed by atoms with E-state index >= 15 is 0 Å². The number of nitrogens with zero attached hydrogens (tertiary/aromatic N) is 3. The van der Waals surface area contributed by atoms with Crippen molar-refractivity contribution in [3.63, 3.8) is 0 Å². The number of amides is 1. The summed E-state index contributed by atoms with van der Waals surface area (Å²) in [6.45, 7) is 5.06. The number of piperazine rings is 1. The Morgan fingerprint density at radius 2 is 2.00 bits per heavy atom. The molecular weight excluding hydrogens is 451 g/mol. The Bertz CT molecular complexity index is 1010. The fourth-order valence-electron chi connectivity index (χ4n) is 3.24. The first-order valence-electron chi connectivity index (χ1n) is 9.18. The van der Waals surface area contributed by atoms with Crippen molar-refractivity contribution in [1.82, 2.24) is 15.2 Å². The third kappa shape index (κ3) is 4.78. The van der Waals surface area contributed by atoms with Crippen molar-refractivity contribution in [1.29, 1.82) is 0 Å². The van der Waals surface area contributed by atoms with Gasteiger partial charge in [0.15, 0.2) is 5.13 Å². The van der Waals surface area contributed by atoms with Gasteiger partial charge in [-0.1, -0.05) is 34.5 Å². The van der Waals surface area contributed by atoms with E-state index < -0.39 is 0 Å². The van der Waals surface area contributed by atoms with Crippen molar-refractivity contribution in [2.75, 3.05) is 51.3 Å². The molecule has 3 heterocycles. The van der Waals surface area contributed by atoms with Gasteiger partial charge in [0, 0.05) is 39.3 Å². The number of methoxy groups -OCH3 is 1. The first kappa shape index (κ1) is 20.7. The lowest BCUT2D eigenvalue weighted by Gasteiger charge is -2.34. The molecule has 0 aliphatic carbocycles. The summed E-state index contributed by atoms with van der Waals surface area (Å²) in [4.78, 5) is 21.6. The van der Waals surface area contributed by atoms with Crippen LogP contribution in [-0.4, -0.2) is 62.2 Å². The standard InChI is InChI=1S/C19H20Cl2N4O2S2/c1-27-12-2-3-14-15(10-12)28-19(23-14)25-8-6-24(7-9-25)5-4-22-18(26)13-11-16(20)29-17(13)21/h2-3,10-11H,4-9H2,1H3,(H,22,26). The molecule has 0 saturated carbocycles. The molecular formula is C19H20Cl2N4O2S2. The van der Waals surface area contributed by atoms with Crippen LogP contribution in [0.1, 0.15) is 10.4 Å². The fraction of sp³-hybridized carbons (Fsp3) is 0.368. The molecule has 1 aromatic carbocycles. The molecule has 29 heavy (non-hydrogen) atoms. The lowest BCUT2D eigenvalue weighted by molar-refractivity contribution is 0.0948. The smallest absolute Gasteiger partial charge is 0.253 e. The summed E-state index contributed by atoms with van der Waals surface area (Å²) >= 11 is 14.8. The van der Waals surface area contributed by atoms with E-state index in [2.05, 4.69) is 15.1 Å². The summed E-state index contributed by atoms with van der Waals surface area (Å²) in [6, 6.07) is 7.58. The second-order valence-electron chi connectivity index (χ2n) is 6.65. The largest absolute Gasteiger partial charge is 0.497 e. The van der Waals surface area contributed by atoms with Crippen LogP contribution in [0.3, 0.4) is 0 Å². The van der Waals surface area contributed by atoms with Crippen LogP contribution in [0.2, 0.25) is 8.67 Å². The molecule has 1 saturated heterocycles. The minimum absolute atomic E-state index is 0.179. The maximum absolute atomic E-state index is 12.2. The van der Waals surface area contributed by atoms with Crippen LogP contribution in [0, 0.1) is 0 Å². The van der Waals surface area contributed by atoms with Crippen molar-refractivity contribution >= 4 is 67.1 Å². The molecule has 6 nitrogen and oxygen atoms in total. The van der Waals surface area contributed by atoms with Gasteiger partial charge in [0.25, 0.3) is 5.91 Å². The summed E-state index contributed by atoms with van der Waals surface area (Å²) in [5, 5.41) is 3.97. The van der Waals surface area contributed by atoms with Gasteiger partial charge in [-0.15, -0.1) is 11.3 Å². The molecule has 10 heteroatoms. The lowest BCUT2D eigenvalue weighted by Crippen LogP contribution is -2.48. The summed E-state index contributed by atoms with van der Waals surface area (Å²) in [7, 11) is 1.68. The normalized spacial score (nSPS) is 15.1. The molecule has 0 spiro atoms. The highest BCUT2D eigenvalue weighted by atomic mass is 35.5. The van der Waals surface area contributed by atoms with E-state index in [9.17, 15) is 4.79 Å². The molecule has 3 aromatic rings. The summed E-state index contributed by atoms with van der Waals surface area (Å²) in [5.41, 5.74) is 1.45. The second kappa shape index (κ2) is 9.06. The topological polar surface area (TPSA) is 57.7 Å². The van der Waals surface area contributed by atoms with Crippen molar-refractivity contribution in [2.24, 2.45) is 0 Å². The molecule has 1 aliphatic rings. The number of hydrogen-bond acceptors (Lipinski definition) is 7. The molecule has 154 valence electrons. The van der Waals surface area contributed by atoms with Gasteiger partial charge >= 0.3 is 0 Å². The quantitative estimate of drug-likeness (QED) is 0.584. The Hall–Kier alpha value is -1.58. The van der Waals surface area contributed by atoms with Crippen LogP contribution in [-0.2, 0) is 0 Å². The molecule has 0 radical (unpaired) electrons. The van der Waals surface area contributed by atoms with Crippen LogP contribution in [0.4, 0.5) is 5.13 Å². The number of benzene rings is 1. The minimum Gasteiger partial charge on any atom is -0.497 e. The number of thiazole rings is 1. The van der Waals surface area contributed by atoms with Crippen molar-refractivity contribution in [2.45, 2.75) is 0 Å². The Morgan fingerprint density at radius 3 is 2.69 bits per heavy atom. The van der Waals surface area contributed by atoms with E-state index in [1.54, 1.807) is 24.5 Å². The molecule has 0 unspecified atom stereocenters. The van der Waals surface area contributed by atoms with E-state index in [4.69, 9.17) is 32.9 Å². The van der Waals surface area contributed by atoms with E-state index in [0.29, 0.717) is 20.8 Å². The zero-order valence-electron chi connectivity index (χ0n) is 15.8. The summed E-state index contributed by atoms with van der Waals surface area (Å²) < 4.78 is 7.38. The molecule has 0 bridgehead atoms. The van der Waals surface area contributed by atoms with E-state index in [-0.39, 0.29) is 5.91 Å². The average molecular weight is 471 g/mol. The van der Waals surface area contributed by atoms with Gasteiger partial charge in [-0.3, -0.25) is 9.69 Å². The van der Waals surface area contributed by atoms with E-state index in [0.717, 1.165) is 53.8 Å². The highest BCUT2D eigenvalue weighted by Gasteiger charge is 2.20. The van der Waals surface area contributed by atoms with E-state index in [1.807, 2.05) is 18.2 Å². The van der Waals surface area contributed by atoms with Gasteiger partial charge < -0.3 is 15.0 Å². The van der Waals surface area contributed by atoms with Gasteiger partial charge in [-0.2, -0.15) is 0 Å². The zero-order valence-corrected chi connectivity index (χ0v) is 18.9. The van der Waals surface area contributed by atoms with Crippen LogP contribution in [0.5, 0.6) is 5.75 Å². The van der Waals surface area contributed by atoms with Gasteiger partial charge in [0.2, 0.25) is 0 Å². The van der Waals surface area contributed by atoms with Crippen molar-refractivity contribution in [3.05, 3.63) is 38.5 Å². The maximum atomic E-state index is 12.2. The Kier molecular flexibility index (Phi) is 6.46. The molecule has 4 rings (SSSR count). The third-order valence-corrected chi connectivity index (χ3v) is 7.41.